The van der Waals surface area contributed by atoms with E-state index in [4.69, 9.17) is 0 Å². The van der Waals surface area contributed by atoms with Gasteiger partial charge in [0.15, 0.2) is 0 Å². The predicted molar refractivity (Wildman–Crippen MR) is 97.7 cm³/mol. The molecule has 4 nitrogen and oxygen atoms in total. The van der Waals surface area contributed by atoms with E-state index >= 15 is 0 Å². The molecule has 0 amide bonds. The number of nitrogens with one attached hydrogen (secondary N) is 3. The van der Waals surface area contributed by atoms with Crippen LogP contribution in [0.4, 0.5) is 4.39 Å². The van der Waals surface area contributed by atoms with Crippen LogP contribution in [0.2, 0.25) is 0 Å². The second kappa shape index (κ2) is 6.91. The van der Waals surface area contributed by atoms with Gasteiger partial charge in [-0.1, -0.05) is 18.2 Å². The van der Waals surface area contributed by atoms with Gasteiger partial charge in [-0.3, -0.25) is 5.10 Å². The van der Waals surface area contributed by atoms with E-state index in [-0.39, 0.29) is 5.82 Å². The van der Waals surface area contributed by atoms with Crippen molar-refractivity contribution in [3.8, 4) is 11.3 Å². The molecular weight excluding hydrogens is 315 g/mol. The SMILES string of the molecule is Fc1ccc(-c2[nH]ncc2CNCCc2c[nH]c3ccccc23)cc1. The molecule has 0 saturated heterocycles. The zero-order valence-corrected chi connectivity index (χ0v) is 13.7. The van der Waals surface area contributed by atoms with Crippen LogP contribution in [0, 0.1) is 5.82 Å². The number of aromatic nitrogens is 3. The van der Waals surface area contributed by atoms with Gasteiger partial charge in [-0.25, -0.2) is 4.39 Å². The minimum Gasteiger partial charge on any atom is -0.361 e. The van der Waals surface area contributed by atoms with Crippen molar-refractivity contribution in [2.24, 2.45) is 0 Å². The topological polar surface area (TPSA) is 56.5 Å². The fraction of sp³-hybridized carbons (Fsp3) is 0.150. The molecule has 5 heteroatoms. The van der Waals surface area contributed by atoms with Crippen molar-refractivity contribution < 1.29 is 4.39 Å². The Hall–Kier alpha value is -2.92. The van der Waals surface area contributed by atoms with Crippen molar-refractivity contribution in [1.29, 1.82) is 0 Å². The number of rotatable bonds is 6. The van der Waals surface area contributed by atoms with Crippen LogP contribution in [0.5, 0.6) is 0 Å². The molecule has 0 aliphatic rings. The van der Waals surface area contributed by atoms with Gasteiger partial charge in [0, 0.05) is 34.8 Å². The average Bonchev–Trinajstić information content (AvgIpc) is 3.26. The molecule has 126 valence electrons. The molecular formula is C20H19FN4. The van der Waals surface area contributed by atoms with Gasteiger partial charge in [0.05, 0.1) is 11.9 Å². The summed E-state index contributed by atoms with van der Waals surface area (Å²) in [6, 6.07) is 14.8. The van der Waals surface area contributed by atoms with E-state index in [1.54, 1.807) is 12.1 Å². The molecule has 0 aliphatic carbocycles. The van der Waals surface area contributed by atoms with Crippen LogP contribution >= 0.6 is 0 Å². The van der Waals surface area contributed by atoms with Gasteiger partial charge >= 0.3 is 0 Å². The maximum Gasteiger partial charge on any atom is 0.123 e. The molecule has 0 aliphatic heterocycles. The summed E-state index contributed by atoms with van der Waals surface area (Å²) < 4.78 is 13.1. The maximum absolute atomic E-state index is 13.1. The van der Waals surface area contributed by atoms with Crippen LogP contribution in [0.3, 0.4) is 0 Å². The Kier molecular flexibility index (Phi) is 4.31. The number of H-pyrrole nitrogens is 2. The van der Waals surface area contributed by atoms with Gasteiger partial charge in [-0.2, -0.15) is 5.10 Å². The van der Waals surface area contributed by atoms with Gasteiger partial charge in [0.2, 0.25) is 0 Å². The molecule has 2 aromatic heterocycles. The molecule has 0 bridgehead atoms. The Morgan fingerprint density at radius 3 is 2.72 bits per heavy atom. The summed E-state index contributed by atoms with van der Waals surface area (Å²) in [5.41, 5.74) is 5.43. The molecule has 0 saturated carbocycles. The lowest BCUT2D eigenvalue weighted by Crippen LogP contribution is -2.16. The van der Waals surface area contributed by atoms with Crippen LogP contribution in [0.15, 0.2) is 60.9 Å². The molecule has 0 spiro atoms. The van der Waals surface area contributed by atoms with E-state index in [0.717, 1.165) is 29.8 Å². The number of para-hydroxylation sites is 1. The minimum absolute atomic E-state index is 0.235. The molecule has 0 fully saturated rings. The van der Waals surface area contributed by atoms with Gasteiger partial charge in [-0.15, -0.1) is 0 Å². The van der Waals surface area contributed by atoms with Crippen molar-refractivity contribution >= 4 is 10.9 Å². The molecule has 0 unspecified atom stereocenters. The summed E-state index contributed by atoms with van der Waals surface area (Å²) in [6.07, 6.45) is 4.85. The first kappa shape index (κ1) is 15.6. The highest BCUT2D eigenvalue weighted by Crippen LogP contribution is 2.21. The van der Waals surface area contributed by atoms with E-state index < -0.39 is 0 Å². The predicted octanol–water partition coefficient (Wildman–Crippen LogP) is 4.03. The first-order chi connectivity index (χ1) is 12.3. The van der Waals surface area contributed by atoms with Crippen LogP contribution in [0.25, 0.3) is 22.2 Å². The Balaban J connectivity index is 1.38. The molecule has 2 heterocycles. The Morgan fingerprint density at radius 1 is 1.00 bits per heavy atom. The third kappa shape index (κ3) is 3.32. The van der Waals surface area contributed by atoms with Gasteiger partial charge in [-0.05, 0) is 48.9 Å². The zero-order valence-electron chi connectivity index (χ0n) is 13.7. The monoisotopic (exact) mass is 334 g/mol. The molecule has 4 rings (SSSR count). The smallest absolute Gasteiger partial charge is 0.123 e. The van der Waals surface area contributed by atoms with E-state index in [1.165, 1.54) is 28.6 Å². The number of benzene rings is 2. The van der Waals surface area contributed by atoms with Crippen molar-refractivity contribution in [3.05, 3.63) is 77.9 Å². The van der Waals surface area contributed by atoms with Crippen molar-refractivity contribution in [1.82, 2.24) is 20.5 Å². The fourth-order valence-electron chi connectivity index (χ4n) is 3.10. The standard InChI is InChI=1S/C20H19FN4/c21-17-7-5-14(6-8-17)20-16(13-24-25-20)11-22-10-9-15-12-23-19-4-2-1-3-18(15)19/h1-8,12-13,22-23H,9-11H2,(H,24,25). The molecule has 4 aromatic rings. The second-order valence-corrected chi connectivity index (χ2v) is 6.06. The van der Waals surface area contributed by atoms with Crippen LogP contribution in [-0.4, -0.2) is 21.7 Å². The largest absolute Gasteiger partial charge is 0.361 e. The number of aromatic amines is 2. The summed E-state index contributed by atoms with van der Waals surface area (Å²) in [4.78, 5) is 3.30. The zero-order chi connectivity index (χ0) is 17.1. The first-order valence-corrected chi connectivity index (χ1v) is 8.35. The highest BCUT2D eigenvalue weighted by molar-refractivity contribution is 5.83. The summed E-state index contributed by atoms with van der Waals surface area (Å²) >= 11 is 0. The third-order valence-corrected chi connectivity index (χ3v) is 4.41. The summed E-state index contributed by atoms with van der Waals surface area (Å²) in [5.74, 6) is -0.235. The van der Waals surface area contributed by atoms with Crippen molar-refractivity contribution in [2.75, 3.05) is 6.54 Å². The summed E-state index contributed by atoms with van der Waals surface area (Å²) in [6.45, 7) is 1.58. The Morgan fingerprint density at radius 2 is 1.84 bits per heavy atom. The highest BCUT2D eigenvalue weighted by atomic mass is 19.1. The van der Waals surface area contributed by atoms with Gasteiger partial charge < -0.3 is 10.3 Å². The average molecular weight is 334 g/mol. The fourth-order valence-corrected chi connectivity index (χ4v) is 3.10. The van der Waals surface area contributed by atoms with Crippen molar-refractivity contribution in [2.45, 2.75) is 13.0 Å². The normalized spacial score (nSPS) is 11.2. The Labute approximate surface area is 145 Å². The van der Waals surface area contributed by atoms with E-state index in [0.29, 0.717) is 6.54 Å². The lowest BCUT2D eigenvalue weighted by molar-refractivity contribution is 0.628. The molecule has 25 heavy (non-hydrogen) atoms. The van der Waals surface area contributed by atoms with Crippen LogP contribution in [-0.2, 0) is 13.0 Å². The van der Waals surface area contributed by atoms with Gasteiger partial charge in [0.25, 0.3) is 0 Å². The van der Waals surface area contributed by atoms with E-state index in [1.807, 2.05) is 12.3 Å². The number of hydrogen-bond donors (Lipinski definition) is 3. The number of nitrogens with zero attached hydrogens (tertiary/aromatic N) is 1. The molecule has 2 aromatic carbocycles. The maximum atomic E-state index is 13.1. The number of hydrogen-bond acceptors (Lipinski definition) is 2. The number of halogens is 1. The van der Waals surface area contributed by atoms with Crippen LogP contribution < -0.4 is 5.32 Å². The van der Waals surface area contributed by atoms with Crippen molar-refractivity contribution in [3.63, 3.8) is 0 Å². The Bertz CT molecular complexity index is 969. The second-order valence-electron chi connectivity index (χ2n) is 6.06. The minimum atomic E-state index is -0.235. The quantitative estimate of drug-likeness (QED) is 0.466. The van der Waals surface area contributed by atoms with E-state index in [2.05, 4.69) is 44.9 Å². The first-order valence-electron chi connectivity index (χ1n) is 8.35. The number of fused-ring (bicyclic) bond motifs is 1. The molecule has 0 atom stereocenters. The molecule has 0 radical (unpaired) electrons. The summed E-state index contributed by atoms with van der Waals surface area (Å²) in [7, 11) is 0. The van der Waals surface area contributed by atoms with E-state index in [9.17, 15) is 4.39 Å². The summed E-state index contributed by atoms with van der Waals surface area (Å²) in [5, 5.41) is 11.9. The highest BCUT2D eigenvalue weighted by Gasteiger charge is 2.08. The third-order valence-electron chi connectivity index (χ3n) is 4.41. The lowest BCUT2D eigenvalue weighted by atomic mass is 10.1. The van der Waals surface area contributed by atoms with Crippen LogP contribution in [0.1, 0.15) is 11.1 Å². The molecule has 3 N–H and O–H groups in total. The lowest BCUT2D eigenvalue weighted by Gasteiger charge is -2.06. The van der Waals surface area contributed by atoms with Gasteiger partial charge in [0.1, 0.15) is 5.82 Å².